The molecule has 0 aromatic rings. The number of rotatable bonds is 3. The van der Waals surface area contributed by atoms with Gasteiger partial charge in [-0.05, 0) is 19.8 Å². The Morgan fingerprint density at radius 1 is 1.71 bits per heavy atom. The van der Waals surface area contributed by atoms with Gasteiger partial charge in [0.15, 0.2) is 0 Å². The molecule has 0 saturated carbocycles. The summed E-state index contributed by atoms with van der Waals surface area (Å²) in [6.45, 7) is 5.17. The predicted octanol–water partition coefficient (Wildman–Crippen LogP) is 1.20. The molecule has 0 aromatic carbocycles. The van der Waals surface area contributed by atoms with Gasteiger partial charge in [-0.1, -0.05) is 6.58 Å². The van der Waals surface area contributed by atoms with Gasteiger partial charge in [-0.3, -0.25) is 4.79 Å². The lowest BCUT2D eigenvalue weighted by Gasteiger charge is -2.21. The standard InChI is InChI=1S/C10H14O4/c1-7(2)10(12)13-6-8-4-3-5-9(11)14-8/h8H,1,3-6H2,2H3. The minimum Gasteiger partial charge on any atom is -0.459 e. The minimum atomic E-state index is -0.438. The first-order valence-electron chi connectivity index (χ1n) is 4.61. The molecular formula is C10H14O4. The second kappa shape index (κ2) is 4.79. The van der Waals surface area contributed by atoms with Crippen LogP contribution in [0.1, 0.15) is 26.2 Å². The molecule has 0 amide bonds. The van der Waals surface area contributed by atoms with Crippen molar-refractivity contribution in [3.05, 3.63) is 12.2 Å². The van der Waals surface area contributed by atoms with E-state index in [1.807, 2.05) is 0 Å². The number of cyclic esters (lactones) is 1. The zero-order valence-electron chi connectivity index (χ0n) is 8.25. The van der Waals surface area contributed by atoms with E-state index < -0.39 is 5.97 Å². The van der Waals surface area contributed by atoms with Gasteiger partial charge in [-0.2, -0.15) is 0 Å². The smallest absolute Gasteiger partial charge is 0.333 e. The fourth-order valence-corrected chi connectivity index (χ4v) is 1.19. The summed E-state index contributed by atoms with van der Waals surface area (Å²) in [5.74, 6) is -0.653. The second-order valence-corrected chi connectivity index (χ2v) is 3.38. The van der Waals surface area contributed by atoms with Crippen LogP contribution in [-0.2, 0) is 19.1 Å². The number of hydrogen-bond donors (Lipinski definition) is 0. The first-order valence-corrected chi connectivity index (χ1v) is 4.61. The van der Waals surface area contributed by atoms with E-state index in [-0.39, 0.29) is 18.7 Å². The van der Waals surface area contributed by atoms with Crippen LogP contribution in [-0.4, -0.2) is 24.6 Å². The monoisotopic (exact) mass is 198 g/mol. The molecule has 78 valence electrons. The van der Waals surface area contributed by atoms with Gasteiger partial charge in [0.2, 0.25) is 0 Å². The van der Waals surface area contributed by atoms with Gasteiger partial charge in [0, 0.05) is 12.0 Å². The molecule has 4 heteroatoms. The summed E-state index contributed by atoms with van der Waals surface area (Å²) in [5, 5.41) is 0. The highest BCUT2D eigenvalue weighted by Crippen LogP contribution is 2.14. The third-order valence-electron chi connectivity index (χ3n) is 1.95. The highest BCUT2D eigenvalue weighted by molar-refractivity contribution is 5.86. The maximum Gasteiger partial charge on any atom is 0.333 e. The van der Waals surface area contributed by atoms with E-state index in [4.69, 9.17) is 9.47 Å². The number of hydrogen-bond acceptors (Lipinski definition) is 4. The third kappa shape index (κ3) is 3.20. The highest BCUT2D eigenvalue weighted by Gasteiger charge is 2.21. The number of carbonyl (C=O) groups excluding carboxylic acids is 2. The number of esters is 2. The van der Waals surface area contributed by atoms with E-state index in [0.29, 0.717) is 12.0 Å². The van der Waals surface area contributed by atoms with Crippen LogP contribution in [0, 0.1) is 0 Å². The van der Waals surface area contributed by atoms with E-state index in [1.54, 1.807) is 6.92 Å². The van der Waals surface area contributed by atoms with Crippen molar-refractivity contribution < 1.29 is 19.1 Å². The molecule has 0 spiro atoms. The third-order valence-corrected chi connectivity index (χ3v) is 1.95. The summed E-state index contributed by atoms with van der Waals surface area (Å²) in [6, 6.07) is 0. The molecule has 1 heterocycles. The summed E-state index contributed by atoms with van der Waals surface area (Å²) in [7, 11) is 0. The summed E-state index contributed by atoms with van der Waals surface area (Å²) >= 11 is 0. The molecule has 1 atom stereocenters. The topological polar surface area (TPSA) is 52.6 Å². The van der Waals surface area contributed by atoms with E-state index in [9.17, 15) is 9.59 Å². The van der Waals surface area contributed by atoms with Crippen molar-refractivity contribution in [2.45, 2.75) is 32.3 Å². The Labute approximate surface area is 82.9 Å². The molecule has 1 unspecified atom stereocenters. The highest BCUT2D eigenvalue weighted by atomic mass is 16.6. The second-order valence-electron chi connectivity index (χ2n) is 3.38. The van der Waals surface area contributed by atoms with Gasteiger partial charge < -0.3 is 9.47 Å². The molecule has 0 aliphatic carbocycles. The van der Waals surface area contributed by atoms with Crippen molar-refractivity contribution in [2.75, 3.05) is 6.61 Å². The van der Waals surface area contributed by atoms with Crippen molar-refractivity contribution in [3.63, 3.8) is 0 Å². The minimum absolute atomic E-state index is 0.136. The fraction of sp³-hybridized carbons (Fsp3) is 0.600. The summed E-state index contributed by atoms with van der Waals surface area (Å²) in [5.41, 5.74) is 0.354. The predicted molar refractivity (Wildman–Crippen MR) is 49.5 cm³/mol. The van der Waals surface area contributed by atoms with Crippen molar-refractivity contribution >= 4 is 11.9 Å². The maximum absolute atomic E-state index is 11.0. The lowest BCUT2D eigenvalue weighted by molar-refractivity contribution is -0.161. The van der Waals surface area contributed by atoms with Crippen LogP contribution in [0.15, 0.2) is 12.2 Å². The summed E-state index contributed by atoms with van der Waals surface area (Å²) in [4.78, 5) is 21.9. The fourth-order valence-electron chi connectivity index (χ4n) is 1.19. The van der Waals surface area contributed by atoms with Gasteiger partial charge >= 0.3 is 11.9 Å². The Kier molecular flexibility index (Phi) is 3.68. The lowest BCUT2D eigenvalue weighted by atomic mass is 10.1. The van der Waals surface area contributed by atoms with Crippen molar-refractivity contribution in [1.82, 2.24) is 0 Å². The Morgan fingerprint density at radius 2 is 2.43 bits per heavy atom. The van der Waals surface area contributed by atoms with Crippen molar-refractivity contribution in [3.8, 4) is 0 Å². The molecule has 4 nitrogen and oxygen atoms in total. The molecule has 0 bridgehead atoms. The van der Waals surface area contributed by atoms with Crippen molar-refractivity contribution in [2.24, 2.45) is 0 Å². The van der Waals surface area contributed by atoms with Crippen LogP contribution in [0.5, 0.6) is 0 Å². The lowest BCUT2D eigenvalue weighted by Crippen LogP contribution is -2.29. The Balaban J connectivity index is 2.27. The molecule has 1 aliphatic heterocycles. The summed E-state index contributed by atoms with van der Waals surface area (Å²) < 4.78 is 9.85. The van der Waals surface area contributed by atoms with E-state index >= 15 is 0 Å². The van der Waals surface area contributed by atoms with E-state index in [1.165, 1.54) is 0 Å². The van der Waals surface area contributed by atoms with Gasteiger partial charge in [0.1, 0.15) is 12.7 Å². The average molecular weight is 198 g/mol. The van der Waals surface area contributed by atoms with E-state index in [2.05, 4.69) is 6.58 Å². The molecule has 1 saturated heterocycles. The number of ether oxygens (including phenoxy) is 2. The molecule has 14 heavy (non-hydrogen) atoms. The molecular weight excluding hydrogens is 184 g/mol. The molecule has 0 N–H and O–H groups in total. The van der Waals surface area contributed by atoms with E-state index in [0.717, 1.165) is 12.8 Å². The molecule has 1 fully saturated rings. The largest absolute Gasteiger partial charge is 0.459 e. The van der Waals surface area contributed by atoms with Crippen LogP contribution in [0.25, 0.3) is 0 Å². The molecule has 0 aromatic heterocycles. The molecule has 0 radical (unpaired) electrons. The SMILES string of the molecule is C=C(C)C(=O)OCC1CCCC(=O)O1. The molecule has 1 rings (SSSR count). The van der Waals surface area contributed by atoms with Crippen LogP contribution in [0.4, 0.5) is 0 Å². The molecule has 1 aliphatic rings. The first kappa shape index (κ1) is 10.8. The van der Waals surface area contributed by atoms with Gasteiger partial charge in [-0.25, -0.2) is 4.79 Å². The zero-order valence-corrected chi connectivity index (χ0v) is 8.25. The van der Waals surface area contributed by atoms with Crippen molar-refractivity contribution in [1.29, 1.82) is 0 Å². The van der Waals surface area contributed by atoms with Crippen LogP contribution < -0.4 is 0 Å². The Morgan fingerprint density at radius 3 is 3.00 bits per heavy atom. The van der Waals surface area contributed by atoms with Crippen LogP contribution in [0.2, 0.25) is 0 Å². The zero-order chi connectivity index (χ0) is 10.6. The Hall–Kier alpha value is -1.32. The number of carbonyl (C=O) groups is 2. The van der Waals surface area contributed by atoms with Gasteiger partial charge in [0.25, 0.3) is 0 Å². The first-order chi connectivity index (χ1) is 6.59. The maximum atomic E-state index is 11.0. The average Bonchev–Trinajstić information content (AvgIpc) is 2.14. The normalized spacial score (nSPS) is 21.2. The van der Waals surface area contributed by atoms with Gasteiger partial charge in [-0.15, -0.1) is 0 Å². The van der Waals surface area contributed by atoms with Gasteiger partial charge in [0.05, 0.1) is 0 Å². The summed E-state index contributed by atoms with van der Waals surface area (Å²) in [6.07, 6.45) is 1.74. The van der Waals surface area contributed by atoms with Crippen LogP contribution >= 0.6 is 0 Å². The Bertz CT molecular complexity index is 257. The quantitative estimate of drug-likeness (QED) is 0.505. The van der Waals surface area contributed by atoms with Crippen LogP contribution in [0.3, 0.4) is 0 Å².